The minimum atomic E-state index is -4.45. The van der Waals surface area contributed by atoms with Crippen LogP contribution in [-0.4, -0.2) is 63.7 Å². The molecule has 44 heavy (non-hydrogen) atoms. The van der Waals surface area contributed by atoms with Crippen molar-refractivity contribution in [3.63, 3.8) is 0 Å². The van der Waals surface area contributed by atoms with Gasteiger partial charge in [0.25, 0.3) is 0 Å². The molecule has 5 rings (SSSR count). The third-order valence-electron chi connectivity index (χ3n) is 7.59. The SMILES string of the molecule is O=C([C@H](Cc1ccccc1)N(Cc1cccnc1)C(=O)/C=C/c1ccc(C(F)(F)F)cc1)N1CCN(Cc2cccs2)CC1. The maximum Gasteiger partial charge on any atom is 0.416 e. The van der Waals surface area contributed by atoms with Crippen LogP contribution in [0.3, 0.4) is 0 Å². The Bertz CT molecular complexity index is 1520. The van der Waals surface area contributed by atoms with Crippen LogP contribution < -0.4 is 0 Å². The van der Waals surface area contributed by atoms with Crippen molar-refractivity contribution >= 4 is 29.2 Å². The predicted molar refractivity (Wildman–Crippen MR) is 165 cm³/mol. The van der Waals surface area contributed by atoms with Crippen LogP contribution in [-0.2, 0) is 35.3 Å². The molecule has 6 nitrogen and oxygen atoms in total. The average Bonchev–Trinajstić information content (AvgIpc) is 3.55. The number of alkyl halides is 3. The maximum atomic E-state index is 14.2. The molecule has 2 aromatic heterocycles. The zero-order valence-electron chi connectivity index (χ0n) is 24.1. The molecule has 0 radical (unpaired) electrons. The van der Waals surface area contributed by atoms with Crippen LogP contribution >= 0.6 is 11.3 Å². The second kappa shape index (κ2) is 14.5. The Labute approximate surface area is 259 Å². The zero-order valence-corrected chi connectivity index (χ0v) is 24.9. The first kappa shape index (κ1) is 31.2. The van der Waals surface area contributed by atoms with Crippen LogP contribution in [0.2, 0.25) is 0 Å². The van der Waals surface area contributed by atoms with E-state index in [-0.39, 0.29) is 12.5 Å². The van der Waals surface area contributed by atoms with Crippen LogP contribution in [0.5, 0.6) is 0 Å². The molecule has 0 saturated carbocycles. The van der Waals surface area contributed by atoms with E-state index in [2.05, 4.69) is 21.3 Å². The Kier molecular flexibility index (Phi) is 10.2. The highest BCUT2D eigenvalue weighted by Crippen LogP contribution is 2.29. The lowest BCUT2D eigenvalue weighted by molar-refractivity contribution is -0.145. The fourth-order valence-electron chi connectivity index (χ4n) is 5.20. The number of hydrogen-bond acceptors (Lipinski definition) is 5. The van der Waals surface area contributed by atoms with E-state index >= 15 is 0 Å². The highest BCUT2D eigenvalue weighted by Gasteiger charge is 2.34. The van der Waals surface area contributed by atoms with E-state index in [0.29, 0.717) is 25.1 Å². The first-order valence-corrected chi connectivity index (χ1v) is 15.3. The largest absolute Gasteiger partial charge is 0.416 e. The number of hydrogen-bond donors (Lipinski definition) is 0. The summed E-state index contributed by atoms with van der Waals surface area (Å²) in [5.41, 5.74) is 1.36. The summed E-state index contributed by atoms with van der Waals surface area (Å²) in [7, 11) is 0. The minimum absolute atomic E-state index is 0.134. The molecule has 1 fully saturated rings. The predicted octanol–water partition coefficient (Wildman–Crippen LogP) is 6.16. The van der Waals surface area contributed by atoms with E-state index in [9.17, 15) is 22.8 Å². The third kappa shape index (κ3) is 8.42. The van der Waals surface area contributed by atoms with Gasteiger partial charge in [0, 0.05) is 69.0 Å². The number of carbonyl (C=O) groups is 2. The normalized spacial score (nSPS) is 14.9. The topological polar surface area (TPSA) is 56.8 Å². The van der Waals surface area contributed by atoms with Gasteiger partial charge in [-0.05, 0) is 52.4 Å². The summed E-state index contributed by atoms with van der Waals surface area (Å²) in [5.74, 6) is -0.552. The molecule has 0 N–H and O–H groups in total. The molecular formula is C34H33F3N4O2S. The molecule has 0 spiro atoms. The van der Waals surface area contributed by atoms with Crippen molar-refractivity contribution < 1.29 is 22.8 Å². The number of amides is 2. The van der Waals surface area contributed by atoms with Crippen molar-refractivity contribution in [2.24, 2.45) is 0 Å². The number of carbonyl (C=O) groups excluding carboxylic acids is 2. The standard InChI is InChI=1S/C34H33F3N4O2S/c35-34(36,37)29-13-10-26(11-14-29)12-15-32(42)41(24-28-8-4-16-38-23-28)31(22-27-6-2-1-3-7-27)33(43)40-19-17-39(18-20-40)25-30-9-5-21-44-30/h1-16,21,23,31H,17-20,22,24-25H2/b15-12+/t31-/m0/s1. The number of benzene rings is 2. The van der Waals surface area contributed by atoms with Gasteiger partial charge in [-0.1, -0.05) is 54.6 Å². The van der Waals surface area contributed by atoms with Gasteiger partial charge in [-0.15, -0.1) is 11.3 Å². The van der Waals surface area contributed by atoms with Crippen molar-refractivity contribution in [3.8, 4) is 0 Å². The van der Waals surface area contributed by atoms with Crippen LogP contribution in [0.15, 0.2) is 103 Å². The Morgan fingerprint density at radius 2 is 1.64 bits per heavy atom. The van der Waals surface area contributed by atoms with Gasteiger partial charge in [0.15, 0.2) is 0 Å². The minimum Gasteiger partial charge on any atom is -0.338 e. The molecule has 1 aliphatic rings. The Hall–Kier alpha value is -4.28. The molecule has 2 amide bonds. The van der Waals surface area contributed by atoms with Crippen molar-refractivity contribution in [2.45, 2.75) is 31.7 Å². The number of rotatable bonds is 10. The molecular weight excluding hydrogens is 585 g/mol. The fourth-order valence-corrected chi connectivity index (χ4v) is 5.95. The van der Waals surface area contributed by atoms with Gasteiger partial charge in [-0.2, -0.15) is 13.2 Å². The summed E-state index contributed by atoms with van der Waals surface area (Å²) in [6.45, 7) is 3.54. The van der Waals surface area contributed by atoms with Gasteiger partial charge in [0.1, 0.15) is 6.04 Å². The summed E-state index contributed by atoms with van der Waals surface area (Å²) in [4.78, 5) is 39.3. The average molecular weight is 619 g/mol. The van der Waals surface area contributed by atoms with Gasteiger partial charge in [0.2, 0.25) is 11.8 Å². The molecule has 10 heteroatoms. The molecule has 0 aliphatic carbocycles. The van der Waals surface area contributed by atoms with E-state index in [4.69, 9.17) is 0 Å². The summed E-state index contributed by atoms with van der Waals surface area (Å²) in [5, 5.41) is 2.06. The second-order valence-electron chi connectivity index (χ2n) is 10.7. The van der Waals surface area contributed by atoms with Gasteiger partial charge in [-0.3, -0.25) is 19.5 Å². The molecule has 1 saturated heterocycles. The third-order valence-corrected chi connectivity index (χ3v) is 8.45. The quantitative estimate of drug-likeness (QED) is 0.200. The number of pyridine rings is 1. The summed E-state index contributed by atoms with van der Waals surface area (Å²) in [6, 6.07) is 21.1. The summed E-state index contributed by atoms with van der Waals surface area (Å²) < 4.78 is 39.1. The van der Waals surface area contributed by atoms with Crippen molar-refractivity contribution in [1.29, 1.82) is 0 Å². The van der Waals surface area contributed by atoms with E-state index in [1.807, 2.05) is 47.4 Å². The van der Waals surface area contributed by atoms with Gasteiger partial charge in [-0.25, -0.2) is 0 Å². The first-order valence-electron chi connectivity index (χ1n) is 14.4. The lowest BCUT2D eigenvalue weighted by atomic mass is 10.0. The smallest absolute Gasteiger partial charge is 0.338 e. The van der Waals surface area contributed by atoms with E-state index in [0.717, 1.165) is 42.9 Å². The summed E-state index contributed by atoms with van der Waals surface area (Å²) in [6.07, 6.45) is 1.97. The van der Waals surface area contributed by atoms with E-state index in [1.54, 1.807) is 34.7 Å². The lowest BCUT2D eigenvalue weighted by Crippen LogP contribution is -2.56. The molecule has 0 unspecified atom stereocenters. The van der Waals surface area contributed by atoms with Gasteiger partial charge in [0.05, 0.1) is 5.56 Å². The van der Waals surface area contributed by atoms with Crippen molar-refractivity contribution in [1.82, 2.24) is 19.7 Å². The molecule has 4 aromatic rings. The Morgan fingerprint density at radius 3 is 2.27 bits per heavy atom. The van der Waals surface area contributed by atoms with Crippen LogP contribution in [0.4, 0.5) is 13.2 Å². The molecule has 3 heterocycles. The monoisotopic (exact) mass is 618 g/mol. The van der Waals surface area contributed by atoms with Gasteiger partial charge < -0.3 is 9.80 Å². The Balaban J connectivity index is 1.39. The molecule has 1 aliphatic heterocycles. The highest BCUT2D eigenvalue weighted by atomic mass is 32.1. The second-order valence-corrected chi connectivity index (χ2v) is 11.7. The first-order chi connectivity index (χ1) is 21.3. The molecule has 228 valence electrons. The van der Waals surface area contributed by atoms with E-state index < -0.39 is 23.7 Å². The zero-order chi connectivity index (χ0) is 30.9. The fraction of sp³-hybridized carbons (Fsp3) is 0.265. The van der Waals surface area contributed by atoms with Gasteiger partial charge >= 0.3 is 6.18 Å². The Morgan fingerprint density at radius 1 is 0.909 bits per heavy atom. The van der Waals surface area contributed by atoms with Crippen molar-refractivity contribution in [2.75, 3.05) is 26.2 Å². The number of piperazine rings is 1. The number of thiophene rings is 1. The van der Waals surface area contributed by atoms with Crippen LogP contribution in [0, 0.1) is 0 Å². The highest BCUT2D eigenvalue weighted by molar-refractivity contribution is 7.09. The molecule has 1 atom stereocenters. The molecule has 0 bridgehead atoms. The van der Waals surface area contributed by atoms with Crippen molar-refractivity contribution in [3.05, 3.63) is 130 Å². The number of nitrogens with zero attached hydrogens (tertiary/aromatic N) is 4. The van der Waals surface area contributed by atoms with E-state index in [1.165, 1.54) is 29.2 Å². The van der Waals surface area contributed by atoms with Crippen LogP contribution in [0.25, 0.3) is 6.08 Å². The molecule has 2 aromatic carbocycles. The summed E-state index contributed by atoms with van der Waals surface area (Å²) >= 11 is 1.71. The lowest BCUT2D eigenvalue weighted by Gasteiger charge is -2.39. The maximum absolute atomic E-state index is 14.2. The van der Waals surface area contributed by atoms with Crippen LogP contribution in [0.1, 0.15) is 27.1 Å². The number of aromatic nitrogens is 1. The number of halogens is 3.